The van der Waals surface area contributed by atoms with E-state index in [0.717, 1.165) is 62.1 Å². The summed E-state index contributed by atoms with van der Waals surface area (Å²) in [7, 11) is 0. The SMILES string of the molecule is CCC(C)(CC)c1c2nc(O)c(O)nc2c(Nc2ccc(N)cc2)c2c3ccccc3c3ccccc3c12. The predicted octanol–water partition coefficient (Wildman–Crippen LogP) is 7.90. The highest BCUT2D eigenvalue weighted by Crippen LogP contribution is 2.50. The summed E-state index contributed by atoms with van der Waals surface area (Å²) in [5.74, 6) is -0.973. The molecule has 0 amide bonds. The Bertz CT molecular complexity index is 1860. The van der Waals surface area contributed by atoms with Gasteiger partial charge in [-0.3, -0.25) is 0 Å². The average Bonchev–Trinajstić information content (AvgIpc) is 2.94. The standard InChI is InChI=1S/C32H30N4O2/c1-4-32(3,5-2)26-24-22-12-8-6-10-20(22)21-11-7-9-13-23(21)25(24)27(34-19-16-14-18(33)15-17-19)29-28(26)35-30(37)31(38)36-29/h6-17,34H,4-5,33H2,1-3H3,(H,35,37)(H,36,38). The Morgan fingerprint density at radius 3 is 1.76 bits per heavy atom. The molecule has 1 aromatic heterocycles. The number of benzene rings is 5. The van der Waals surface area contributed by atoms with E-state index in [9.17, 15) is 10.2 Å². The molecule has 190 valence electrons. The first-order chi connectivity index (χ1) is 18.4. The van der Waals surface area contributed by atoms with E-state index in [1.54, 1.807) is 0 Å². The molecule has 0 unspecified atom stereocenters. The van der Waals surface area contributed by atoms with Gasteiger partial charge in [-0.2, -0.15) is 0 Å². The molecular formula is C32H30N4O2. The molecule has 6 aromatic rings. The van der Waals surface area contributed by atoms with Gasteiger partial charge < -0.3 is 21.3 Å². The minimum atomic E-state index is -0.497. The molecule has 0 atom stereocenters. The number of rotatable bonds is 5. The fraction of sp³-hybridized carbons (Fsp3) is 0.188. The molecule has 0 aliphatic carbocycles. The monoisotopic (exact) mass is 502 g/mol. The molecule has 0 radical (unpaired) electrons. The van der Waals surface area contributed by atoms with Crippen molar-refractivity contribution in [3.05, 3.63) is 78.4 Å². The van der Waals surface area contributed by atoms with Crippen LogP contribution in [0.5, 0.6) is 11.8 Å². The van der Waals surface area contributed by atoms with Crippen molar-refractivity contribution in [2.75, 3.05) is 11.1 Å². The molecule has 6 rings (SSSR count). The van der Waals surface area contributed by atoms with Crippen molar-refractivity contribution in [3.63, 3.8) is 0 Å². The van der Waals surface area contributed by atoms with Crippen LogP contribution in [0.25, 0.3) is 43.4 Å². The van der Waals surface area contributed by atoms with E-state index in [4.69, 9.17) is 5.73 Å². The second-order valence-electron chi connectivity index (χ2n) is 10.2. The quantitative estimate of drug-likeness (QED) is 0.108. The smallest absolute Gasteiger partial charge is 0.276 e. The Kier molecular flexibility index (Phi) is 5.49. The van der Waals surface area contributed by atoms with E-state index in [1.165, 1.54) is 0 Å². The minimum Gasteiger partial charge on any atom is -0.489 e. The van der Waals surface area contributed by atoms with Gasteiger partial charge in [0.25, 0.3) is 11.8 Å². The van der Waals surface area contributed by atoms with Crippen LogP contribution >= 0.6 is 0 Å². The predicted molar refractivity (Wildman–Crippen MR) is 157 cm³/mol. The molecule has 5 N–H and O–H groups in total. The molecule has 6 nitrogen and oxygen atoms in total. The van der Waals surface area contributed by atoms with Gasteiger partial charge in [-0.05, 0) is 75.0 Å². The lowest BCUT2D eigenvalue weighted by Crippen LogP contribution is -2.21. The Labute approximate surface area is 220 Å². The molecule has 0 bridgehead atoms. The van der Waals surface area contributed by atoms with E-state index in [2.05, 4.69) is 78.5 Å². The van der Waals surface area contributed by atoms with Crippen molar-refractivity contribution in [2.24, 2.45) is 0 Å². The molecule has 0 fully saturated rings. The van der Waals surface area contributed by atoms with Crippen molar-refractivity contribution in [1.29, 1.82) is 0 Å². The fourth-order valence-electron chi connectivity index (χ4n) is 5.69. The van der Waals surface area contributed by atoms with Gasteiger partial charge in [-0.15, -0.1) is 0 Å². The third-order valence-electron chi connectivity index (χ3n) is 8.11. The molecule has 6 heteroatoms. The van der Waals surface area contributed by atoms with Crippen LogP contribution in [0.4, 0.5) is 17.1 Å². The highest BCUT2D eigenvalue weighted by atomic mass is 16.3. The van der Waals surface area contributed by atoms with E-state index in [1.807, 2.05) is 30.3 Å². The van der Waals surface area contributed by atoms with Gasteiger partial charge in [0.2, 0.25) is 0 Å². The molecule has 0 aliphatic rings. The number of hydrogen-bond acceptors (Lipinski definition) is 6. The van der Waals surface area contributed by atoms with Gasteiger partial charge in [0.05, 0.1) is 11.2 Å². The van der Waals surface area contributed by atoms with Gasteiger partial charge in [-0.25, -0.2) is 9.97 Å². The summed E-state index contributed by atoms with van der Waals surface area (Å²) in [6.07, 6.45) is 1.73. The number of nitrogens with two attached hydrogens (primary N) is 1. The van der Waals surface area contributed by atoms with Gasteiger partial charge in [-0.1, -0.05) is 69.3 Å². The van der Waals surface area contributed by atoms with Gasteiger partial charge in [0.15, 0.2) is 0 Å². The molecule has 38 heavy (non-hydrogen) atoms. The molecular weight excluding hydrogens is 472 g/mol. The summed E-state index contributed by atoms with van der Waals surface area (Å²) >= 11 is 0. The minimum absolute atomic E-state index is 0.264. The van der Waals surface area contributed by atoms with E-state index < -0.39 is 11.8 Å². The lowest BCUT2D eigenvalue weighted by Gasteiger charge is -2.32. The third kappa shape index (κ3) is 3.48. The number of nitrogen functional groups attached to an aromatic ring is 1. The normalized spacial score (nSPS) is 12.1. The van der Waals surface area contributed by atoms with Crippen LogP contribution in [0.1, 0.15) is 39.2 Å². The zero-order chi connectivity index (χ0) is 26.6. The Morgan fingerprint density at radius 1 is 0.711 bits per heavy atom. The van der Waals surface area contributed by atoms with Gasteiger partial charge >= 0.3 is 0 Å². The second-order valence-corrected chi connectivity index (χ2v) is 10.2. The largest absolute Gasteiger partial charge is 0.489 e. The number of nitrogens with one attached hydrogen (secondary N) is 1. The number of aromatic hydroxyl groups is 2. The maximum atomic E-state index is 10.6. The Hall–Kier alpha value is -4.58. The fourth-order valence-corrected chi connectivity index (χ4v) is 5.69. The third-order valence-corrected chi connectivity index (χ3v) is 8.11. The van der Waals surface area contributed by atoms with Crippen LogP contribution in [0, 0.1) is 0 Å². The average molecular weight is 503 g/mol. The maximum Gasteiger partial charge on any atom is 0.276 e. The highest BCUT2D eigenvalue weighted by molar-refractivity contribution is 6.33. The van der Waals surface area contributed by atoms with E-state index in [-0.39, 0.29) is 5.41 Å². The summed E-state index contributed by atoms with van der Waals surface area (Å²) in [5.41, 5.74) is 10.0. The molecule has 0 saturated carbocycles. The maximum absolute atomic E-state index is 10.6. The zero-order valence-electron chi connectivity index (χ0n) is 21.7. The summed E-state index contributed by atoms with van der Waals surface area (Å²) < 4.78 is 0. The number of anilines is 3. The Morgan fingerprint density at radius 2 is 1.21 bits per heavy atom. The molecule has 0 aliphatic heterocycles. The van der Waals surface area contributed by atoms with Crippen LogP contribution in [0.2, 0.25) is 0 Å². The van der Waals surface area contributed by atoms with Crippen LogP contribution in [0.3, 0.4) is 0 Å². The van der Waals surface area contributed by atoms with Crippen molar-refractivity contribution in [2.45, 2.75) is 39.0 Å². The highest BCUT2D eigenvalue weighted by Gasteiger charge is 2.32. The van der Waals surface area contributed by atoms with Crippen LogP contribution in [-0.2, 0) is 5.41 Å². The number of hydrogen-bond donors (Lipinski definition) is 4. The first-order valence-corrected chi connectivity index (χ1v) is 13.0. The second kappa shape index (κ2) is 8.77. The molecule has 5 aromatic carbocycles. The summed E-state index contributed by atoms with van der Waals surface area (Å²) in [6.45, 7) is 6.60. The van der Waals surface area contributed by atoms with Crippen LogP contribution in [-0.4, -0.2) is 20.2 Å². The molecule has 0 saturated heterocycles. The first kappa shape index (κ1) is 23.8. The first-order valence-electron chi connectivity index (χ1n) is 13.0. The number of aromatic nitrogens is 2. The van der Waals surface area contributed by atoms with Crippen molar-refractivity contribution < 1.29 is 10.2 Å². The topological polar surface area (TPSA) is 104 Å². The summed E-state index contributed by atoms with van der Waals surface area (Å²) in [6, 6.07) is 24.4. The van der Waals surface area contributed by atoms with Crippen LogP contribution < -0.4 is 11.1 Å². The molecule has 0 spiro atoms. The lowest BCUT2D eigenvalue weighted by atomic mass is 9.73. The van der Waals surface area contributed by atoms with Crippen LogP contribution in [0.15, 0.2) is 72.8 Å². The summed E-state index contributed by atoms with van der Waals surface area (Å²) in [4.78, 5) is 9.10. The van der Waals surface area contributed by atoms with Crippen molar-refractivity contribution in [1.82, 2.24) is 9.97 Å². The summed E-state index contributed by atoms with van der Waals surface area (Å²) in [5, 5.41) is 31.2. The lowest BCUT2D eigenvalue weighted by molar-refractivity contribution is 0.377. The number of nitrogens with zero attached hydrogens (tertiary/aromatic N) is 2. The van der Waals surface area contributed by atoms with Gasteiger partial charge in [0, 0.05) is 16.8 Å². The number of fused-ring (bicyclic) bond motifs is 7. The van der Waals surface area contributed by atoms with Gasteiger partial charge in [0.1, 0.15) is 5.52 Å². The Balaban J connectivity index is 1.95. The zero-order valence-corrected chi connectivity index (χ0v) is 21.7. The molecule has 1 heterocycles. The van der Waals surface area contributed by atoms with Crippen molar-refractivity contribution >= 4 is 60.4 Å². The van der Waals surface area contributed by atoms with E-state index >= 15 is 0 Å². The van der Waals surface area contributed by atoms with Crippen molar-refractivity contribution in [3.8, 4) is 11.8 Å². The van der Waals surface area contributed by atoms with E-state index in [0.29, 0.717) is 16.7 Å².